The molecule has 8 heteroatoms. The van der Waals surface area contributed by atoms with Crippen molar-refractivity contribution in [2.45, 2.75) is 19.9 Å². The zero-order valence-corrected chi connectivity index (χ0v) is 12.5. The van der Waals surface area contributed by atoms with Crippen LogP contribution in [-0.4, -0.2) is 21.8 Å². The monoisotopic (exact) mass is 353 g/mol. The topological polar surface area (TPSA) is 76.3 Å². The van der Waals surface area contributed by atoms with Gasteiger partial charge in [0.05, 0.1) is 11.3 Å². The van der Waals surface area contributed by atoms with E-state index in [1.54, 1.807) is 0 Å². The maximum Gasteiger partial charge on any atom is 0.299 e. The SMILES string of the molecule is CCc1noc(CN2C(=O)C(=O)c3cc(F)cc(Br)c32)n1. The van der Waals surface area contributed by atoms with Crippen molar-refractivity contribution in [2.24, 2.45) is 0 Å². The van der Waals surface area contributed by atoms with E-state index in [1.165, 1.54) is 11.0 Å². The maximum atomic E-state index is 13.4. The van der Waals surface area contributed by atoms with Crippen LogP contribution < -0.4 is 4.90 Å². The third-order valence-electron chi connectivity index (χ3n) is 3.10. The highest BCUT2D eigenvalue weighted by atomic mass is 79.9. The number of rotatable bonds is 3. The van der Waals surface area contributed by atoms with E-state index >= 15 is 0 Å². The van der Waals surface area contributed by atoms with Crippen molar-refractivity contribution in [1.82, 2.24) is 10.1 Å². The van der Waals surface area contributed by atoms with E-state index in [4.69, 9.17) is 4.52 Å². The lowest BCUT2D eigenvalue weighted by Crippen LogP contribution is -2.29. The van der Waals surface area contributed by atoms with E-state index in [2.05, 4.69) is 26.1 Å². The van der Waals surface area contributed by atoms with Crippen LogP contribution in [0.25, 0.3) is 0 Å². The number of aryl methyl sites for hydroxylation is 1. The van der Waals surface area contributed by atoms with Gasteiger partial charge in [-0.2, -0.15) is 4.98 Å². The highest BCUT2D eigenvalue weighted by Crippen LogP contribution is 2.37. The van der Waals surface area contributed by atoms with Crippen LogP contribution in [0.3, 0.4) is 0 Å². The molecule has 3 rings (SSSR count). The summed E-state index contributed by atoms with van der Waals surface area (Å²) in [5.41, 5.74) is 0.352. The van der Waals surface area contributed by atoms with E-state index < -0.39 is 17.5 Å². The molecule has 0 atom stereocenters. The molecule has 2 heterocycles. The minimum atomic E-state index is -0.750. The van der Waals surface area contributed by atoms with Crippen molar-refractivity contribution in [1.29, 1.82) is 0 Å². The van der Waals surface area contributed by atoms with Crippen molar-refractivity contribution in [3.05, 3.63) is 39.7 Å². The lowest BCUT2D eigenvalue weighted by Gasteiger charge is -2.15. The van der Waals surface area contributed by atoms with Crippen LogP contribution in [0.5, 0.6) is 0 Å². The molecule has 1 aliphatic heterocycles. The van der Waals surface area contributed by atoms with Crippen LogP contribution in [-0.2, 0) is 17.8 Å². The fraction of sp³-hybridized carbons (Fsp3) is 0.231. The van der Waals surface area contributed by atoms with Gasteiger partial charge < -0.3 is 4.52 Å². The molecule has 108 valence electrons. The average Bonchev–Trinajstić information content (AvgIpc) is 2.98. The van der Waals surface area contributed by atoms with E-state index in [-0.39, 0.29) is 18.0 Å². The Hall–Kier alpha value is -2.09. The van der Waals surface area contributed by atoms with E-state index in [0.717, 1.165) is 6.07 Å². The molecule has 2 aromatic rings. The summed E-state index contributed by atoms with van der Waals surface area (Å²) in [5.74, 6) is -1.35. The first-order valence-electron chi connectivity index (χ1n) is 6.18. The van der Waals surface area contributed by atoms with E-state index in [0.29, 0.717) is 22.4 Å². The Bertz CT molecular complexity index is 759. The molecule has 0 spiro atoms. The Morgan fingerprint density at radius 3 is 2.81 bits per heavy atom. The Labute approximate surface area is 127 Å². The fourth-order valence-corrected chi connectivity index (χ4v) is 2.78. The van der Waals surface area contributed by atoms with Crippen LogP contribution in [0, 0.1) is 5.82 Å². The van der Waals surface area contributed by atoms with E-state index in [9.17, 15) is 14.0 Å². The summed E-state index contributed by atoms with van der Waals surface area (Å²) in [6, 6.07) is 2.24. The summed E-state index contributed by atoms with van der Waals surface area (Å²) < 4.78 is 18.7. The second-order valence-electron chi connectivity index (χ2n) is 4.46. The van der Waals surface area contributed by atoms with Gasteiger partial charge in [-0.05, 0) is 28.1 Å². The molecule has 0 fully saturated rings. The smallest absolute Gasteiger partial charge is 0.299 e. The maximum absolute atomic E-state index is 13.4. The molecule has 0 saturated heterocycles. The van der Waals surface area contributed by atoms with Crippen LogP contribution in [0.15, 0.2) is 21.1 Å². The third kappa shape index (κ3) is 2.25. The Kier molecular flexibility index (Phi) is 3.32. The fourth-order valence-electron chi connectivity index (χ4n) is 2.14. The quantitative estimate of drug-likeness (QED) is 0.791. The van der Waals surface area contributed by atoms with Gasteiger partial charge in [0.15, 0.2) is 5.82 Å². The molecule has 1 aromatic heterocycles. The van der Waals surface area contributed by atoms with Crippen molar-refractivity contribution >= 4 is 33.3 Å². The summed E-state index contributed by atoms with van der Waals surface area (Å²) in [7, 11) is 0. The van der Waals surface area contributed by atoms with Gasteiger partial charge in [-0.25, -0.2) is 4.39 Å². The van der Waals surface area contributed by atoms with Gasteiger partial charge in [-0.3, -0.25) is 14.5 Å². The van der Waals surface area contributed by atoms with Crippen LogP contribution >= 0.6 is 15.9 Å². The first kappa shape index (κ1) is 13.9. The number of hydrogen-bond acceptors (Lipinski definition) is 5. The first-order valence-corrected chi connectivity index (χ1v) is 6.97. The number of carbonyl (C=O) groups excluding carboxylic acids is 2. The molecule has 0 bridgehead atoms. The number of benzene rings is 1. The number of hydrogen-bond donors (Lipinski definition) is 0. The zero-order valence-electron chi connectivity index (χ0n) is 10.9. The second kappa shape index (κ2) is 5.03. The van der Waals surface area contributed by atoms with Crippen molar-refractivity contribution in [3.63, 3.8) is 0 Å². The number of halogens is 2. The lowest BCUT2D eigenvalue weighted by molar-refractivity contribution is -0.114. The summed E-state index contributed by atoms with van der Waals surface area (Å²) >= 11 is 3.17. The summed E-state index contributed by atoms with van der Waals surface area (Å²) in [5, 5.41) is 3.73. The predicted molar refractivity (Wildman–Crippen MR) is 73.3 cm³/mol. The molecule has 6 nitrogen and oxygen atoms in total. The molecule has 1 aliphatic rings. The normalized spacial score (nSPS) is 14.0. The van der Waals surface area contributed by atoms with Gasteiger partial charge in [0, 0.05) is 10.9 Å². The Morgan fingerprint density at radius 1 is 1.38 bits per heavy atom. The van der Waals surface area contributed by atoms with Gasteiger partial charge in [-0.15, -0.1) is 0 Å². The molecule has 0 saturated carbocycles. The van der Waals surface area contributed by atoms with Crippen LogP contribution in [0.2, 0.25) is 0 Å². The van der Waals surface area contributed by atoms with Crippen LogP contribution in [0.4, 0.5) is 10.1 Å². The minimum absolute atomic E-state index is 0.0297. The number of nitrogens with zero attached hydrogens (tertiary/aromatic N) is 3. The number of Topliss-reactive ketones (excluding diaryl/α,β-unsaturated/α-hetero) is 1. The van der Waals surface area contributed by atoms with E-state index in [1.807, 2.05) is 6.92 Å². The average molecular weight is 354 g/mol. The first-order chi connectivity index (χ1) is 10.0. The van der Waals surface area contributed by atoms with Crippen molar-refractivity contribution in [3.8, 4) is 0 Å². The molecule has 0 radical (unpaired) electrons. The summed E-state index contributed by atoms with van der Waals surface area (Å²) in [6.45, 7) is 1.84. The summed E-state index contributed by atoms with van der Waals surface area (Å²) in [6.07, 6.45) is 0.599. The van der Waals surface area contributed by atoms with Crippen molar-refractivity contribution < 1.29 is 18.5 Å². The highest BCUT2D eigenvalue weighted by Gasteiger charge is 2.38. The van der Waals surface area contributed by atoms with Gasteiger partial charge in [-0.1, -0.05) is 12.1 Å². The van der Waals surface area contributed by atoms with Gasteiger partial charge in [0.1, 0.15) is 12.4 Å². The largest absolute Gasteiger partial charge is 0.337 e. The zero-order chi connectivity index (χ0) is 15.1. The molecule has 0 N–H and O–H groups in total. The number of amides is 1. The predicted octanol–water partition coefficient (Wildman–Crippen LogP) is 2.26. The van der Waals surface area contributed by atoms with Gasteiger partial charge >= 0.3 is 0 Å². The second-order valence-corrected chi connectivity index (χ2v) is 5.32. The minimum Gasteiger partial charge on any atom is -0.337 e. The summed E-state index contributed by atoms with van der Waals surface area (Å²) in [4.78, 5) is 29.3. The highest BCUT2D eigenvalue weighted by molar-refractivity contribution is 9.10. The Balaban J connectivity index is 2.01. The number of aromatic nitrogens is 2. The van der Waals surface area contributed by atoms with Crippen molar-refractivity contribution in [2.75, 3.05) is 4.90 Å². The number of carbonyl (C=O) groups is 2. The molecular formula is C13H9BrFN3O3. The number of fused-ring (bicyclic) bond motifs is 1. The van der Waals surface area contributed by atoms with Gasteiger partial charge in [0.2, 0.25) is 5.89 Å². The third-order valence-corrected chi connectivity index (χ3v) is 3.71. The van der Waals surface area contributed by atoms with Crippen LogP contribution in [0.1, 0.15) is 29.0 Å². The molecule has 1 amide bonds. The number of anilines is 1. The standard InChI is InChI=1S/C13H9BrFN3O3/c1-2-9-16-10(21-17-9)5-18-11-7(12(19)13(18)20)3-6(15)4-8(11)14/h3-4H,2,5H2,1H3. The molecule has 21 heavy (non-hydrogen) atoms. The Morgan fingerprint density at radius 2 is 2.14 bits per heavy atom. The molecule has 0 unspecified atom stereocenters. The van der Waals surface area contributed by atoms with Gasteiger partial charge in [0.25, 0.3) is 11.7 Å². The number of ketones is 1. The lowest BCUT2D eigenvalue weighted by atomic mass is 10.1. The molecule has 0 aliphatic carbocycles. The molecular weight excluding hydrogens is 345 g/mol. The molecule has 1 aromatic carbocycles.